The zero-order chi connectivity index (χ0) is 17.1. The van der Waals surface area contributed by atoms with Gasteiger partial charge in [0.25, 0.3) is 0 Å². The van der Waals surface area contributed by atoms with E-state index in [2.05, 4.69) is 5.32 Å². The van der Waals surface area contributed by atoms with Crippen molar-refractivity contribution in [1.82, 2.24) is 5.32 Å². The molecule has 0 saturated carbocycles. The van der Waals surface area contributed by atoms with Crippen LogP contribution in [-0.2, 0) is 35.2 Å². The van der Waals surface area contributed by atoms with Crippen molar-refractivity contribution in [2.24, 2.45) is 0 Å². The van der Waals surface area contributed by atoms with Gasteiger partial charge < -0.3 is 19.5 Å². The highest BCUT2D eigenvalue weighted by molar-refractivity contribution is 6.02. The lowest BCUT2D eigenvalue weighted by Crippen LogP contribution is -2.49. The van der Waals surface area contributed by atoms with Crippen LogP contribution >= 0.6 is 0 Å². The quantitative estimate of drug-likeness (QED) is 0.534. The molecule has 0 unspecified atom stereocenters. The van der Waals surface area contributed by atoms with E-state index in [1.807, 2.05) is 30.3 Å². The van der Waals surface area contributed by atoms with Gasteiger partial charge in [-0.15, -0.1) is 0 Å². The number of hydrogen-bond acceptors (Lipinski definition) is 6. The summed E-state index contributed by atoms with van der Waals surface area (Å²) in [6, 6.07) is 7.82. The third-order valence-corrected chi connectivity index (χ3v) is 2.69. The molecule has 0 saturated heterocycles. The predicted molar refractivity (Wildman–Crippen MR) is 81.3 cm³/mol. The van der Waals surface area contributed by atoms with Gasteiger partial charge in [0.15, 0.2) is 0 Å². The molecule has 126 valence electrons. The summed E-state index contributed by atoms with van der Waals surface area (Å²) in [5, 5.41) is 2.26. The first kappa shape index (κ1) is 18.6. The summed E-state index contributed by atoms with van der Waals surface area (Å²) < 4.78 is 14.7. The first-order chi connectivity index (χ1) is 11.1. The topological polar surface area (TPSA) is 90.9 Å². The number of esters is 2. The number of hydrogen-bond donors (Lipinski definition) is 1. The van der Waals surface area contributed by atoms with E-state index >= 15 is 0 Å². The zero-order valence-corrected chi connectivity index (χ0v) is 13.2. The highest BCUT2D eigenvalue weighted by Crippen LogP contribution is 2.00. The molecule has 0 radical (unpaired) electrons. The fourth-order valence-electron chi connectivity index (χ4n) is 1.70. The summed E-state index contributed by atoms with van der Waals surface area (Å²) in [6.07, 6.45) is 0. The summed E-state index contributed by atoms with van der Waals surface area (Å²) in [6.45, 7) is 3.35. The normalized spacial score (nSPS) is 10.2. The monoisotopic (exact) mass is 323 g/mol. The second kappa shape index (κ2) is 10.3. The molecule has 7 nitrogen and oxygen atoms in total. The van der Waals surface area contributed by atoms with Gasteiger partial charge in [-0.05, 0) is 19.4 Å². The third-order valence-electron chi connectivity index (χ3n) is 2.69. The Bertz CT molecular complexity index is 499. The average molecular weight is 323 g/mol. The van der Waals surface area contributed by atoms with Gasteiger partial charge in [0.2, 0.25) is 11.9 Å². The van der Waals surface area contributed by atoms with Crippen molar-refractivity contribution in [2.75, 3.05) is 19.8 Å². The molecule has 7 heteroatoms. The van der Waals surface area contributed by atoms with Gasteiger partial charge in [-0.1, -0.05) is 30.3 Å². The first-order valence-electron chi connectivity index (χ1n) is 7.32. The highest BCUT2D eigenvalue weighted by atomic mass is 16.6. The molecule has 0 aliphatic carbocycles. The maximum Gasteiger partial charge on any atom is 0.340 e. The summed E-state index contributed by atoms with van der Waals surface area (Å²) in [5.41, 5.74) is 0.910. The van der Waals surface area contributed by atoms with Crippen molar-refractivity contribution in [2.45, 2.75) is 26.5 Å². The minimum Gasteiger partial charge on any atom is -0.464 e. The molecule has 0 heterocycles. The molecule has 1 aromatic carbocycles. The van der Waals surface area contributed by atoms with Crippen molar-refractivity contribution in [1.29, 1.82) is 0 Å². The van der Waals surface area contributed by atoms with Crippen LogP contribution < -0.4 is 5.32 Å². The molecule has 1 amide bonds. The van der Waals surface area contributed by atoms with E-state index < -0.39 is 23.9 Å². The minimum atomic E-state index is -1.48. The molecule has 0 atom stereocenters. The molecule has 0 fully saturated rings. The van der Waals surface area contributed by atoms with E-state index in [-0.39, 0.29) is 26.4 Å². The lowest BCUT2D eigenvalue weighted by Gasteiger charge is -2.15. The number of rotatable bonds is 9. The molecule has 1 N–H and O–H groups in total. The van der Waals surface area contributed by atoms with Crippen molar-refractivity contribution < 1.29 is 28.6 Å². The summed E-state index contributed by atoms with van der Waals surface area (Å²) in [7, 11) is 0. The Morgan fingerprint density at radius 1 is 1.00 bits per heavy atom. The number of ether oxygens (including phenoxy) is 3. The van der Waals surface area contributed by atoms with Crippen molar-refractivity contribution in [3.63, 3.8) is 0 Å². The van der Waals surface area contributed by atoms with Crippen LogP contribution in [0.25, 0.3) is 0 Å². The second-order valence-corrected chi connectivity index (χ2v) is 4.48. The molecular formula is C16H21NO6. The molecule has 0 aliphatic heterocycles. The molecule has 1 rings (SSSR count). The molecule has 23 heavy (non-hydrogen) atoms. The summed E-state index contributed by atoms with van der Waals surface area (Å²) >= 11 is 0. The SMILES string of the molecule is CCOC(=O)C(NC(=O)COCc1ccccc1)C(=O)OCC. The fourth-order valence-corrected chi connectivity index (χ4v) is 1.70. The Morgan fingerprint density at radius 3 is 2.09 bits per heavy atom. The van der Waals surface area contributed by atoms with E-state index in [0.717, 1.165) is 5.56 Å². The van der Waals surface area contributed by atoms with E-state index in [9.17, 15) is 14.4 Å². The van der Waals surface area contributed by atoms with Gasteiger partial charge in [-0.25, -0.2) is 9.59 Å². The Balaban J connectivity index is 2.48. The smallest absolute Gasteiger partial charge is 0.340 e. The molecule has 0 aromatic heterocycles. The Hall–Kier alpha value is -2.41. The Kier molecular flexibility index (Phi) is 8.38. The van der Waals surface area contributed by atoms with E-state index in [1.54, 1.807) is 13.8 Å². The van der Waals surface area contributed by atoms with Crippen LogP contribution in [0.1, 0.15) is 19.4 Å². The van der Waals surface area contributed by atoms with Gasteiger partial charge >= 0.3 is 11.9 Å². The third kappa shape index (κ3) is 6.92. The molecule has 0 spiro atoms. The largest absolute Gasteiger partial charge is 0.464 e. The van der Waals surface area contributed by atoms with Crippen LogP contribution in [0, 0.1) is 0 Å². The highest BCUT2D eigenvalue weighted by Gasteiger charge is 2.31. The van der Waals surface area contributed by atoms with Crippen LogP contribution in [0.5, 0.6) is 0 Å². The number of carbonyl (C=O) groups excluding carboxylic acids is 3. The van der Waals surface area contributed by atoms with Crippen LogP contribution in [0.3, 0.4) is 0 Å². The minimum absolute atomic E-state index is 0.0924. The standard InChI is InChI=1S/C16H21NO6/c1-3-22-15(19)14(16(20)23-4-2)17-13(18)11-21-10-12-8-6-5-7-9-12/h5-9,14H,3-4,10-11H2,1-2H3,(H,17,18). The van der Waals surface area contributed by atoms with Crippen LogP contribution in [-0.4, -0.2) is 43.7 Å². The number of amides is 1. The summed E-state index contributed by atoms with van der Waals surface area (Å²) in [5.74, 6) is -2.32. The van der Waals surface area contributed by atoms with Crippen molar-refractivity contribution in [3.05, 3.63) is 35.9 Å². The number of nitrogens with one attached hydrogen (secondary N) is 1. The van der Waals surface area contributed by atoms with Gasteiger partial charge in [-0.2, -0.15) is 0 Å². The van der Waals surface area contributed by atoms with E-state index in [1.165, 1.54) is 0 Å². The zero-order valence-electron chi connectivity index (χ0n) is 13.2. The van der Waals surface area contributed by atoms with Crippen LogP contribution in [0.2, 0.25) is 0 Å². The Morgan fingerprint density at radius 2 is 1.57 bits per heavy atom. The lowest BCUT2D eigenvalue weighted by molar-refractivity contribution is -0.160. The molecule has 0 bridgehead atoms. The van der Waals surface area contributed by atoms with E-state index in [0.29, 0.717) is 0 Å². The van der Waals surface area contributed by atoms with Gasteiger partial charge in [0, 0.05) is 0 Å². The first-order valence-corrected chi connectivity index (χ1v) is 7.32. The van der Waals surface area contributed by atoms with Gasteiger partial charge in [-0.3, -0.25) is 4.79 Å². The second-order valence-electron chi connectivity index (χ2n) is 4.48. The number of benzene rings is 1. The van der Waals surface area contributed by atoms with Crippen molar-refractivity contribution in [3.8, 4) is 0 Å². The molecular weight excluding hydrogens is 302 g/mol. The average Bonchev–Trinajstić information content (AvgIpc) is 2.54. The van der Waals surface area contributed by atoms with E-state index in [4.69, 9.17) is 14.2 Å². The van der Waals surface area contributed by atoms with Gasteiger partial charge in [0.05, 0.1) is 19.8 Å². The lowest BCUT2D eigenvalue weighted by atomic mass is 10.2. The maximum absolute atomic E-state index is 11.8. The predicted octanol–water partition coefficient (Wildman–Crippen LogP) is 0.814. The van der Waals surface area contributed by atoms with Crippen molar-refractivity contribution >= 4 is 17.8 Å². The van der Waals surface area contributed by atoms with Gasteiger partial charge in [0.1, 0.15) is 6.61 Å². The maximum atomic E-state index is 11.8. The van der Waals surface area contributed by atoms with Crippen LogP contribution in [0.4, 0.5) is 0 Å². The Labute approximate surface area is 134 Å². The summed E-state index contributed by atoms with van der Waals surface area (Å²) in [4.78, 5) is 35.2. The number of carbonyl (C=O) groups is 3. The molecule has 1 aromatic rings. The van der Waals surface area contributed by atoms with Crippen LogP contribution in [0.15, 0.2) is 30.3 Å². The fraction of sp³-hybridized carbons (Fsp3) is 0.438. The molecule has 0 aliphatic rings.